The van der Waals surface area contributed by atoms with E-state index in [-0.39, 0.29) is 60.6 Å². The van der Waals surface area contributed by atoms with Crippen LogP contribution in [0.2, 0.25) is 0 Å². The predicted octanol–water partition coefficient (Wildman–Crippen LogP) is 6.79. The highest BCUT2D eigenvalue weighted by Gasteiger charge is 2.71. The van der Waals surface area contributed by atoms with Crippen molar-refractivity contribution in [3.8, 4) is 5.75 Å². The van der Waals surface area contributed by atoms with Crippen molar-refractivity contribution in [1.82, 2.24) is 4.90 Å². The average Bonchev–Trinajstić information content (AvgIpc) is 2.82. The molecule has 0 spiro atoms. The topological polar surface area (TPSA) is 66.8 Å². The fraction of sp³-hybridized carbons (Fsp3) is 0.655. The first-order valence-electron chi connectivity index (χ1n) is 13.8. The van der Waals surface area contributed by atoms with E-state index in [4.69, 9.17) is 4.74 Å². The number of carbonyl (C=O) groups is 2. The van der Waals surface area contributed by atoms with E-state index >= 15 is 0 Å². The van der Waals surface area contributed by atoms with Crippen LogP contribution < -0.4 is 4.74 Å². The Morgan fingerprint density at radius 3 is 1.98 bits per heavy atom. The Balaban J connectivity index is 1.76. The van der Waals surface area contributed by atoms with Gasteiger partial charge in [-0.1, -0.05) is 39.2 Å². The SMILES string of the molecule is CCCc1cc(C(O)(C(F)(F)F)C(F)(F)F)cc(CCC)c1OCCCCN1C(=O)C=CC(C)(C2CCC2)C1=O. The molecule has 1 N–H and O–H groups in total. The van der Waals surface area contributed by atoms with Gasteiger partial charge in [0.25, 0.3) is 11.5 Å². The molecule has 1 aliphatic carbocycles. The Bertz CT molecular complexity index is 1070. The zero-order chi connectivity index (χ0) is 29.9. The number of benzene rings is 1. The summed E-state index contributed by atoms with van der Waals surface area (Å²) in [5.74, 6) is -0.182. The Labute approximate surface area is 230 Å². The first-order chi connectivity index (χ1) is 18.6. The number of imide groups is 1. The van der Waals surface area contributed by atoms with Gasteiger partial charge in [0.2, 0.25) is 5.91 Å². The smallest absolute Gasteiger partial charge is 0.430 e. The molecule has 1 saturated carbocycles. The summed E-state index contributed by atoms with van der Waals surface area (Å²) in [5.41, 5.74) is -6.70. The molecule has 5 nitrogen and oxygen atoms in total. The molecule has 1 fully saturated rings. The maximum Gasteiger partial charge on any atom is 0.430 e. The molecule has 1 heterocycles. The van der Waals surface area contributed by atoms with Crippen LogP contribution in [0, 0.1) is 11.3 Å². The lowest BCUT2D eigenvalue weighted by Gasteiger charge is -2.43. The molecule has 1 aromatic carbocycles. The van der Waals surface area contributed by atoms with Crippen molar-refractivity contribution in [3.05, 3.63) is 41.0 Å². The second-order valence-corrected chi connectivity index (χ2v) is 10.9. The lowest BCUT2D eigenvalue weighted by atomic mass is 9.64. The predicted molar refractivity (Wildman–Crippen MR) is 136 cm³/mol. The van der Waals surface area contributed by atoms with E-state index in [1.807, 2.05) is 6.92 Å². The van der Waals surface area contributed by atoms with Gasteiger partial charge in [0.15, 0.2) is 0 Å². The molecule has 1 aliphatic heterocycles. The largest absolute Gasteiger partial charge is 0.493 e. The number of halogens is 6. The third kappa shape index (κ3) is 6.04. The molecule has 2 amide bonds. The number of hydrogen-bond acceptors (Lipinski definition) is 4. The summed E-state index contributed by atoms with van der Waals surface area (Å²) in [5, 5.41) is 9.98. The van der Waals surface area contributed by atoms with Crippen LogP contribution in [-0.2, 0) is 28.0 Å². The molecule has 0 radical (unpaired) electrons. The van der Waals surface area contributed by atoms with Crippen LogP contribution in [0.25, 0.3) is 0 Å². The summed E-state index contributed by atoms with van der Waals surface area (Å²) < 4.78 is 87.4. The van der Waals surface area contributed by atoms with Gasteiger partial charge in [-0.25, -0.2) is 0 Å². The highest BCUT2D eigenvalue weighted by Crippen LogP contribution is 2.51. The average molecular weight is 578 g/mol. The summed E-state index contributed by atoms with van der Waals surface area (Å²) in [4.78, 5) is 26.7. The number of ether oxygens (including phenoxy) is 1. The molecule has 224 valence electrons. The Kier molecular flexibility index (Phi) is 9.69. The minimum absolute atomic E-state index is 0.0849. The van der Waals surface area contributed by atoms with Crippen LogP contribution in [0.5, 0.6) is 5.75 Å². The third-order valence-corrected chi connectivity index (χ3v) is 8.04. The van der Waals surface area contributed by atoms with Crippen molar-refractivity contribution in [2.75, 3.05) is 13.2 Å². The molecule has 11 heteroatoms. The Morgan fingerprint density at radius 1 is 0.975 bits per heavy atom. The molecule has 3 rings (SSSR count). The zero-order valence-corrected chi connectivity index (χ0v) is 23.1. The Morgan fingerprint density at radius 2 is 1.52 bits per heavy atom. The number of alkyl halides is 6. The third-order valence-electron chi connectivity index (χ3n) is 8.04. The van der Waals surface area contributed by atoms with E-state index in [1.54, 1.807) is 19.9 Å². The summed E-state index contributed by atoms with van der Waals surface area (Å²) >= 11 is 0. The van der Waals surface area contributed by atoms with Crippen molar-refractivity contribution < 1.29 is 45.8 Å². The standard InChI is InChI=1S/C29H37F6NO4/c1-4-9-19-17-22(27(39,28(30,31)32)29(33,34)35)18-20(10-5-2)24(19)40-16-7-6-15-36-23(37)13-14-26(3,25(36)38)21-11-8-12-21/h13-14,17-18,21,39H,4-12,15-16H2,1-3H3. The Hall–Kier alpha value is -2.56. The van der Waals surface area contributed by atoms with Gasteiger partial charge in [-0.05, 0) is 74.6 Å². The summed E-state index contributed by atoms with van der Waals surface area (Å²) in [7, 11) is 0. The van der Waals surface area contributed by atoms with Gasteiger partial charge in [-0.2, -0.15) is 26.3 Å². The highest BCUT2D eigenvalue weighted by molar-refractivity contribution is 6.06. The van der Waals surface area contributed by atoms with E-state index in [9.17, 15) is 41.0 Å². The lowest BCUT2D eigenvalue weighted by molar-refractivity contribution is -0.376. The number of unbranched alkanes of at least 4 members (excludes halogenated alkanes) is 1. The molecule has 1 aromatic rings. The number of amides is 2. The van der Waals surface area contributed by atoms with Crippen LogP contribution in [-0.4, -0.2) is 47.3 Å². The molecule has 0 saturated heterocycles. The van der Waals surface area contributed by atoms with Gasteiger partial charge in [0.1, 0.15) is 5.75 Å². The molecular weight excluding hydrogens is 540 g/mol. The van der Waals surface area contributed by atoms with Crippen molar-refractivity contribution in [1.29, 1.82) is 0 Å². The number of nitrogens with zero attached hydrogens (tertiary/aromatic N) is 1. The summed E-state index contributed by atoms with van der Waals surface area (Å²) in [6, 6.07) is 1.47. The van der Waals surface area contributed by atoms with Crippen LogP contribution in [0.3, 0.4) is 0 Å². The quantitative estimate of drug-likeness (QED) is 0.169. The van der Waals surface area contributed by atoms with E-state index in [2.05, 4.69) is 0 Å². The van der Waals surface area contributed by atoms with Gasteiger partial charge in [0, 0.05) is 18.2 Å². The van der Waals surface area contributed by atoms with Crippen molar-refractivity contribution in [2.45, 2.75) is 96.5 Å². The summed E-state index contributed by atoms with van der Waals surface area (Å²) in [6.07, 6.45) is -3.93. The van der Waals surface area contributed by atoms with Crippen LogP contribution in [0.15, 0.2) is 24.3 Å². The minimum Gasteiger partial charge on any atom is -0.493 e. The second-order valence-electron chi connectivity index (χ2n) is 10.9. The van der Waals surface area contributed by atoms with Gasteiger partial charge >= 0.3 is 12.4 Å². The van der Waals surface area contributed by atoms with Gasteiger partial charge < -0.3 is 9.84 Å². The fourth-order valence-corrected chi connectivity index (χ4v) is 5.42. The first-order valence-corrected chi connectivity index (χ1v) is 13.8. The maximum absolute atomic E-state index is 13.6. The van der Waals surface area contributed by atoms with Crippen LogP contribution in [0.1, 0.15) is 82.4 Å². The van der Waals surface area contributed by atoms with E-state index in [1.165, 1.54) is 11.0 Å². The van der Waals surface area contributed by atoms with Crippen LogP contribution >= 0.6 is 0 Å². The van der Waals surface area contributed by atoms with Gasteiger partial charge in [0.05, 0.1) is 12.0 Å². The van der Waals surface area contributed by atoms with E-state index in [0.29, 0.717) is 25.7 Å². The number of aryl methyl sites for hydroxylation is 2. The van der Waals surface area contributed by atoms with Crippen molar-refractivity contribution >= 4 is 11.8 Å². The molecule has 1 atom stereocenters. The highest BCUT2D eigenvalue weighted by atomic mass is 19.4. The molecule has 0 bridgehead atoms. The van der Waals surface area contributed by atoms with Crippen LogP contribution in [0.4, 0.5) is 26.3 Å². The molecule has 1 unspecified atom stereocenters. The van der Waals surface area contributed by atoms with Crippen molar-refractivity contribution in [3.63, 3.8) is 0 Å². The lowest BCUT2D eigenvalue weighted by Crippen LogP contribution is -2.54. The number of aliphatic hydroxyl groups is 1. The number of hydrogen-bond donors (Lipinski definition) is 1. The molecule has 0 aromatic heterocycles. The van der Waals surface area contributed by atoms with E-state index in [0.717, 1.165) is 31.4 Å². The zero-order valence-electron chi connectivity index (χ0n) is 23.1. The number of carbonyl (C=O) groups excluding carboxylic acids is 2. The monoisotopic (exact) mass is 577 g/mol. The fourth-order valence-electron chi connectivity index (χ4n) is 5.42. The minimum atomic E-state index is -5.98. The molecule has 2 aliphatic rings. The first kappa shape index (κ1) is 32.0. The second kappa shape index (κ2) is 12.1. The van der Waals surface area contributed by atoms with Gasteiger partial charge in [-0.15, -0.1) is 0 Å². The normalized spacial score (nSPS) is 20.7. The molecular formula is C29H37F6NO4. The van der Waals surface area contributed by atoms with Gasteiger partial charge in [-0.3, -0.25) is 14.5 Å². The van der Waals surface area contributed by atoms with Crippen molar-refractivity contribution in [2.24, 2.45) is 11.3 Å². The molecule has 40 heavy (non-hydrogen) atoms. The van der Waals surface area contributed by atoms with E-state index < -0.39 is 28.9 Å². The maximum atomic E-state index is 13.6. The number of rotatable bonds is 12. The summed E-state index contributed by atoms with van der Waals surface area (Å²) in [6.45, 7) is 5.58.